The van der Waals surface area contributed by atoms with E-state index in [4.69, 9.17) is 10.5 Å². The summed E-state index contributed by atoms with van der Waals surface area (Å²) in [5.41, 5.74) is 8.80. The van der Waals surface area contributed by atoms with Crippen molar-refractivity contribution in [1.82, 2.24) is 9.97 Å². The second-order valence-electron chi connectivity index (χ2n) is 6.52. The van der Waals surface area contributed by atoms with Crippen LogP contribution in [0.5, 0.6) is 11.5 Å². The normalized spacial score (nSPS) is 10.8. The Morgan fingerprint density at radius 1 is 1.07 bits per heavy atom. The zero-order valence-corrected chi connectivity index (χ0v) is 15.7. The van der Waals surface area contributed by atoms with Crippen LogP contribution in [0.3, 0.4) is 0 Å². The molecule has 1 amide bonds. The number of ether oxygens (including phenoxy) is 1. The molecule has 2 aromatic carbocycles. The molecule has 4 aromatic rings. The number of carbonyl (C=O) groups is 1. The zero-order valence-electron chi connectivity index (χ0n) is 15.7. The van der Waals surface area contributed by atoms with Crippen LogP contribution in [-0.2, 0) is 6.42 Å². The molecule has 0 fully saturated rings. The molecular formula is C23H18FN3O2. The van der Waals surface area contributed by atoms with Gasteiger partial charge in [-0.3, -0.25) is 14.8 Å². The first kappa shape index (κ1) is 18.6. The molecule has 5 nitrogen and oxygen atoms in total. The highest BCUT2D eigenvalue weighted by Crippen LogP contribution is 2.31. The zero-order chi connectivity index (χ0) is 20.4. The lowest BCUT2D eigenvalue weighted by atomic mass is 9.99. The molecular weight excluding hydrogens is 369 g/mol. The summed E-state index contributed by atoms with van der Waals surface area (Å²) in [6.45, 7) is 1.95. The van der Waals surface area contributed by atoms with Crippen molar-refractivity contribution in [2.24, 2.45) is 5.73 Å². The number of hydrogen-bond donors (Lipinski definition) is 1. The van der Waals surface area contributed by atoms with E-state index in [9.17, 15) is 9.18 Å². The third-order valence-corrected chi connectivity index (χ3v) is 4.69. The molecule has 2 aromatic heterocycles. The van der Waals surface area contributed by atoms with Crippen molar-refractivity contribution in [3.8, 4) is 22.8 Å². The van der Waals surface area contributed by atoms with Crippen LogP contribution >= 0.6 is 0 Å². The number of fused-ring (bicyclic) bond motifs is 1. The number of amides is 1. The fourth-order valence-corrected chi connectivity index (χ4v) is 3.22. The quantitative estimate of drug-likeness (QED) is 0.529. The Labute approximate surface area is 167 Å². The first-order valence-corrected chi connectivity index (χ1v) is 9.17. The van der Waals surface area contributed by atoms with Crippen molar-refractivity contribution in [2.45, 2.75) is 13.3 Å². The number of primary amides is 1. The Morgan fingerprint density at radius 3 is 2.72 bits per heavy atom. The van der Waals surface area contributed by atoms with Crippen molar-refractivity contribution in [1.29, 1.82) is 0 Å². The standard InChI is InChI=1S/C23H18FN3O2/c1-2-14-12-15(5-6-17(14)23(25)28)20-13-16(9-11-27-20)29-21-8-7-19-18(22(21)24)4-3-10-26-19/h3-13H,2H2,1H3,(H2,25,28). The molecule has 2 N–H and O–H groups in total. The summed E-state index contributed by atoms with van der Waals surface area (Å²) in [5.74, 6) is -0.358. The molecule has 0 atom stereocenters. The summed E-state index contributed by atoms with van der Waals surface area (Å²) in [7, 11) is 0. The van der Waals surface area contributed by atoms with Gasteiger partial charge >= 0.3 is 0 Å². The van der Waals surface area contributed by atoms with E-state index < -0.39 is 11.7 Å². The average Bonchev–Trinajstić information content (AvgIpc) is 2.75. The number of nitrogens with two attached hydrogens (primary N) is 1. The highest BCUT2D eigenvalue weighted by atomic mass is 19.1. The van der Waals surface area contributed by atoms with Gasteiger partial charge in [-0.05, 0) is 54.4 Å². The van der Waals surface area contributed by atoms with Gasteiger partial charge in [-0.15, -0.1) is 0 Å². The molecule has 0 aliphatic heterocycles. The molecule has 0 saturated carbocycles. The predicted molar refractivity (Wildman–Crippen MR) is 109 cm³/mol. The SMILES string of the molecule is CCc1cc(-c2cc(Oc3ccc4ncccc4c3F)ccn2)ccc1C(N)=O. The van der Waals surface area contributed by atoms with Gasteiger partial charge in [-0.1, -0.05) is 13.0 Å². The van der Waals surface area contributed by atoms with E-state index >= 15 is 0 Å². The maximum absolute atomic E-state index is 14.8. The third-order valence-electron chi connectivity index (χ3n) is 4.69. The molecule has 0 spiro atoms. The molecule has 6 heteroatoms. The number of hydrogen-bond acceptors (Lipinski definition) is 4. The lowest BCUT2D eigenvalue weighted by molar-refractivity contribution is 0.0999. The number of carbonyl (C=O) groups excluding carboxylic acids is 1. The predicted octanol–water partition coefficient (Wildman–Crippen LogP) is 4.89. The van der Waals surface area contributed by atoms with Gasteiger partial charge in [0.05, 0.1) is 11.2 Å². The summed E-state index contributed by atoms with van der Waals surface area (Å²) in [6, 6.07) is 15.4. The topological polar surface area (TPSA) is 78.1 Å². The van der Waals surface area contributed by atoms with Gasteiger partial charge in [0, 0.05) is 35.0 Å². The maximum atomic E-state index is 14.8. The van der Waals surface area contributed by atoms with E-state index in [-0.39, 0.29) is 5.75 Å². The summed E-state index contributed by atoms with van der Waals surface area (Å²) >= 11 is 0. The smallest absolute Gasteiger partial charge is 0.248 e. The summed E-state index contributed by atoms with van der Waals surface area (Å²) in [6.07, 6.45) is 3.88. The number of halogens is 1. The van der Waals surface area contributed by atoms with Crippen LogP contribution in [0.4, 0.5) is 4.39 Å². The largest absolute Gasteiger partial charge is 0.454 e. The van der Waals surface area contributed by atoms with Crippen LogP contribution in [0, 0.1) is 5.82 Å². The van der Waals surface area contributed by atoms with Crippen LogP contribution in [0.2, 0.25) is 0 Å². The lowest BCUT2D eigenvalue weighted by Crippen LogP contribution is -2.13. The van der Waals surface area contributed by atoms with Crippen LogP contribution in [0.1, 0.15) is 22.8 Å². The monoisotopic (exact) mass is 387 g/mol. The fraction of sp³-hybridized carbons (Fsp3) is 0.0870. The second-order valence-corrected chi connectivity index (χ2v) is 6.52. The number of aromatic nitrogens is 2. The van der Waals surface area contributed by atoms with Crippen molar-refractivity contribution in [2.75, 3.05) is 0 Å². The molecule has 0 saturated heterocycles. The highest BCUT2D eigenvalue weighted by molar-refractivity contribution is 5.95. The average molecular weight is 387 g/mol. The summed E-state index contributed by atoms with van der Waals surface area (Å²) in [4.78, 5) is 20.1. The third kappa shape index (κ3) is 3.65. The minimum atomic E-state index is -0.465. The number of nitrogens with zero attached hydrogens (tertiary/aromatic N) is 2. The minimum Gasteiger partial charge on any atom is -0.454 e. The Balaban J connectivity index is 1.68. The molecule has 2 heterocycles. The molecule has 0 radical (unpaired) electrons. The fourth-order valence-electron chi connectivity index (χ4n) is 3.22. The minimum absolute atomic E-state index is 0.112. The first-order valence-electron chi connectivity index (χ1n) is 9.17. The van der Waals surface area contributed by atoms with E-state index in [2.05, 4.69) is 9.97 Å². The van der Waals surface area contributed by atoms with Crippen molar-refractivity contribution in [3.05, 3.63) is 83.9 Å². The summed E-state index contributed by atoms with van der Waals surface area (Å²) < 4.78 is 20.6. The van der Waals surface area contributed by atoms with Gasteiger partial charge in [0.25, 0.3) is 0 Å². The van der Waals surface area contributed by atoms with Gasteiger partial charge in [0.1, 0.15) is 5.75 Å². The Bertz CT molecular complexity index is 1220. The van der Waals surface area contributed by atoms with Gasteiger partial charge in [-0.2, -0.15) is 0 Å². The highest BCUT2D eigenvalue weighted by Gasteiger charge is 2.12. The molecule has 29 heavy (non-hydrogen) atoms. The Hall–Kier alpha value is -3.80. The van der Waals surface area contributed by atoms with Crippen LogP contribution in [0.25, 0.3) is 22.2 Å². The second kappa shape index (κ2) is 7.67. The Morgan fingerprint density at radius 2 is 1.93 bits per heavy atom. The van der Waals surface area contributed by atoms with Crippen LogP contribution in [-0.4, -0.2) is 15.9 Å². The number of benzene rings is 2. The van der Waals surface area contributed by atoms with Gasteiger partial charge in [0.2, 0.25) is 5.91 Å². The van der Waals surface area contributed by atoms with E-state index in [0.29, 0.717) is 34.3 Å². The molecule has 0 bridgehead atoms. The van der Waals surface area contributed by atoms with Gasteiger partial charge < -0.3 is 10.5 Å². The summed E-state index contributed by atoms with van der Waals surface area (Å²) in [5, 5.41) is 0.397. The first-order chi connectivity index (χ1) is 14.1. The molecule has 0 unspecified atom stereocenters. The number of aryl methyl sites for hydroxylation is 1. The van der Waals surface area contributed by atoms with Crippen molar-refractivity contribution >= 4 is 16.8 Å². The maximum Gasteiger partial charge on any atom is 0.248 e. The van der Waals surface area contributed by atoms with Crippen molar-refractivity contribution in [3.63, 3.8) is 0 Å². The number of pyridine rings is 2. The van der Waals surface area contributed by atoms with Crippen LogP contribution < -0.4 is 10.5 Å². The van der Waals surface area contributed by atoms with E-state index in [0.717, 1.165) is 11.1 Å². The molecule has 144 valence electrons. The molecule has 0 aliphatic rings. The lowest BCUT2D eigenvalue weighted by Gasteiger charge is -2.11. The van der Waals surface area contributed by atoms with E-state index in [1.54, 1.807) is 60.9 Å². The van der Waals surface area contributed by atoms with Gasteiger partial charge in [-0.25, -0.2) is 4.39 Å². The van der Waals surface area contributed by atoms with Crippen molar-refractivity contribution < 1.29 is 13.9 Å². The van der Waals surface area contributed by atoms with Crippen LogP contribution in [0.15, 0.2) is 67.0 Å². The van der Waals surface area contributed by atoms with E-state index in [1.807, 2.05) is 13.0 Å². The molecule has 4 rings (SSSR count). The molecule has 0 aliphatic carbocycles. The Kier molecular flexibility index (Phi) is 4.91. The van der Waals surface area contributed by atoms with Gasteiger partial charge in [0.15, 0.2) is 11.6 Å². The number of rotatable bonds is 5. The van der Waals surface area contributed by atoms with E-state index in [1.165, 1.54) is 0 Å².